The summed E-state index contributed by atoms with van der Waals surface area (Å²) in [5, 5.41) is 20.3. The number of nitrogens with zero attached hydrogens (tertiary/aromatic N) is 4. The van der Waals surface area contributed by atoms with Gasteiger partial charge in [-0.1, -0.05) is 17.8 Å². The highest BCUT2D eigenvalue weighted by Crippen LogP contribution is 2.29. The number of rotatable bonds is 7. The Labute approximate surface area is 159 Å². The first-order chi connectivity index (χ1) is 12.6. The molecule has 1 aliphatic rings. The molecule has 1 unspecified atom stereocenters. The van der Waals surface area contributed by atoms with Crippen LogP contribution in [0.5, 0.6) is 0 Å². The molecule has 0 spiro atoms. The normalized spacial score (nSPS) is 17.8. The quantitative estimate of drug-likeness (QED) is 0.440. The molecule has 0 bridgehead atoms. The molecule has 0 radical (unpaired) electrons. The average molecular weight is 390 g/mol. The third-order valence-electron chi connectivity index (χ3n) is 3.99. The molecule has 1 fully saturated rings. The summed E-state index contributed by atoms with van der Waals surface area (Å²) in [6.07, 6.45) is 2.17. The monoisotopic (exact) mass is 389 g/mol. The standard InChI is InChI=1S/C17H19N5O2S2/c1-11(19)13(8-18)14(23)10-26-17-21-20-16(15-5-3-7-25-15)22(17)9-12-4-2-6-24-12/h3,5,7,12H,2,4,6,9-10,19H2,1H3/b13-11+. The minimum atomic E-state index is -0.304. The molecule has 7 nitrogen and oxygen atoms in total. The Bertz CT molecular complexity index is 841. The molecule has 3 rings (SSSR count). The zero-order valence-electron chi connectivity index (χ0n) is 14.3. The lowest BCUT2D eigenvalue weighted by molar-refractivity contribution is -0.112. The molecular formula is C17H19N5O2S2. The fourth-order valence-electron chi connectivity index (χ4n) is 2.71. The molecule has 0 aliphatic carbocycles. The zero-order chi connectivity index (χ0) is 18.5. The molecule has 1 aliphatic heterocycles. The molecule has 1 atom stereocenters. The second-order valence-electron chi connectivity index (χ2n) is 5.91. The van der Waals surface area contributed by atoms with Gasteiger partial charge in [0.1, 0.15) is 11.6 Å². The number of nitriles is 1. The number of nitrogens with two attached hydrogens (primary N) is 1. The van der Waals surface area contributed by atoms with E-state index >= 15 is 0 Å². The van der Waals surface area contributed by atoms with Crippen LogP contribution in [0.2, 0.25) is 0 Å². The summed E-state index contributed by atoms with van der Waals surface area (Å²) in [7, 11) is 0. The predicted octanol–water partition coefficient (Wildman–Crippen LogP) is 2.60. The third kappa shape index (κ3) is 4.15. The van der Waals surface area contributed by atoms with Crippen molar-refractivity contribution in [2.45, 2.75) is 37.6 Å². The van der Waals surface area contributed by atoms with Gasteiger partial charge in [-0.15, -0.1) is 21.5 Å². The summed E-state index contributed by atoms with van der Waals surface area (Å²) in [5.41, 5.74) is 5.84. The molecule has 26 heavy (non-hydrogen) atoms. The van der Waals surface area contributed by atoms with Crippen molar-refractivity contribution in [3.8, 4) is 16.8 Å². The first-order valence-corrected chi connectivity index (χ1v) is 10.1. The van der Waals surface area contributed by atoms with Gasteiger partial charge >= 0.3 is 0 Å². The van der Waals surface area contributed by atoms with Gasteiger partial charge in [0.2, 0.25) is 0 Å². The molecule has 2 aromatic rings. The highest BCUT2D eigenvalue weighted by Gasteiger charge is 2.23. The summed E-state index contributed by atoms with van der Waals surface area (Å²) < 4.78 is 7.75. The Morgan fingerprint density at radius 3 is 3.04 bits per heavy atom. The Kier molecular flexibility index (Phi) is 6.08. The lowest BCUT2D eigenvalue weighted by atomic mass is 10.2. The first-order valence-electron chi connectivity index (χ1n) is 8.21. The molecule has 1 saturated heterocycles. The maximum atomic E-state index is 12.2. The van der Waals surface area contributed by atoms with E-state index in [0.29, 0.717) is 11.7 Å². The second kappa shape index (κ2) is 8.49. The van der Waals surface area contributed by atoms with Gasteiger partial charge in [-0.3, -0.25) is 9.36 Å². The maximum absolute atomic E-state index is 12.2. The predicted molar refractivity (Wildman–Crippen MR) is 101 cm³/mol. The lowest BCUT2D eigenvalue weighted by Crippen LogP contribution is -2.17. The van der Waals surface area contributed by atoms with Gasteiger partial charge in [0.15, 0.2) is 16.8 Å². The number of hydrogen-bond donors (Lipinski definition) is 1. The molecule has 0 aromatic carbocycles. The number of carbonyl (C=O) groups is 1. The Morgan fingerprint density at radius 1 is 1.58 bits per heavy atom. The summed E-state index contributed by atoms with van der Waals surface area (Å²) >= 11 is 2.86. The van der Waals surface area contributed by atoms with Crippen LogP contribution in [-0.4, -0.2) is 39.0 Å². The number of ether oxygens (including phenoxy) is 1. The van der Waals surface area contributed by atoms with Crippen molar-refractivity contribution in [3.63, 3.8) is 0 Å². The number of thiophene rings is 1. The molecular weight excluding hydrogens is 370 g/mol. The van der Waals surface area contributed by atoms with Crippen molar-refractivity contribution in [1.82, 2.24) is 14.8 Å². The van der Waals surface area contributed by atoms with E-state index in [-0.39, 0.29) is 28.9 Å². The zero-order valence-corrected chi connectivity index (χ0v) is 16.0. The van der Waals surface area contributed by atoms with E-state index in [4.69, 9.17) is 15.7 Å². The number of ketones is 1. The Hall–Kier alpha value is -2.15. The highest BCUT2D eigenvalue weighted by molar-refractivity contribution is 7.99. The van der Waals surface area contributed by atoms with Crippen LogP contribution in [0.1, 0.15) is 19.8 Å². The Balaban J connectivity index is 1.81. The first kappa shape index (κ1) is 18.6. The summed E-state index contributed by atoms with van der Waals surface area (Å²) in [6.45, 7) is 2.97. The number of Topliss-reactive ketones (excluding diaryl/α,β-unsaturated/α-hetero) is 1. The minimum Gasteiger partial charge on any atom is -0.401 e. The van der Waals surface area contributed by atoms with E-state index in [2.05, 4.69) is 10.2 Å². The molecule has 2 aromatic heterocycles. The van der Waals surface area contributed by atoms with Crippen LogP contribution in [0, 0.1) is 11.3 Å². The lowest BCUT2D eigenvalue weighted by Gasteiger charge is -2.14. The summed E-state index contributed by atoms with van der Waals surface area (Å²) in [5.74, 6) is 0.560. The van der Waals surface area contributed by atoms with Crippen molar-refractivity contribution in [3.05, 3.63) is 28.8 Å². The van der Waals surface area contributed by atoms with Gasteiger partial charge in [0.25, 0.3) is 0 Å². The minimum absolute atomic E-state index is 0.00109. The number of aromatic nitrogens is 3. The maximum Gasteiger partial charge on any atom is 0.192 e. The molecule has 3 heterocycles. The van der Waals surface area contributed by atoms with Crippen molar-refractivity contribution in [1.29, 1.82) is 5.26 Å². The number of allylic oxidation sites excluding steroid dienone is 2. The van der Waals surface area contributed by atoms with Crippen molar-refractivity contribution in [2.24, 2.45) is 5.73 Å². The van der Waals surface area contributed by atoms with Gasteiger partial charge in [-0.2, -0.15) is 5.26 Å². The van der Waals surface area contributed by atoms with Crippen LogP contribution in [-0.2, 0) is 16.1 Å². The summed E-state index contributed by atoms with van der Waals surface area (Å²) in [6, 6.07) is 5.83. The van der Waals surface area contributed by atoms with Gasteiger partial charge < -0.3 is 10.5 Å². The average Bonchev–Trinajstić information content (AvgIpc) is 3.36. The molecule has 0 amide bonds. The highest BCUT2D eigenvalue weighted by atomic mass is 32.2. The van der Waals surface area contributed by atoms with Gasteiger partial charge in [0.05, 0.1) is 23.3 Å². The van der Waals surface area contributed by atoms with Gasteiger partial charge in [0, 0.05) is 12.3 Å². The van der Waals surface area contributed by atoms with Crippen molar-refractivity contribution < 1.29 is 9.53 Å². The van der Waals surface area contributed by atoms with Crippen LogP contribution in [0.15, 0.2) is 33.9 Å². The van der Waals surface area contributed by atoms with Crippen LogP contribution >= 0.6 is 23.1 Å². The van der Waals surface area contributed by atoms with E-state index in [1.54, 1.807) is 18.3 Å². The molecule has 0 saturated carbocycles. The number of hydrogen-bond acceptors (Lipinski definition) is 8. The van der Waals surface area contributed by atoms with E-state index < -0.39 is 0 Å². The molecule has 9 heteroatoms. The van der Waals surface area contributed by atoms with Gasteiger partial charge in [-0.05, 0) is 31.2 Å². The fourth-order valence-corrected chi connectivity index (χ4v) is 4.25. The number of thioether (sulfide) groups is 1. The third-order valence-corrected chi connectivity index (χ3v) is 5.82. The van der Waals surface area contributed by atoms with E-state index in [1.807, 2.05) is 28.1 Å². The van der Waals surface area contributed by atoms with Crippen molar-refractivity contribution in [2.75, 3.05) is 12.4 Å². The fraction of sp³-hybridized carbons (Fsp3) is 0.412. The molecule has 136 valence electrons. The Morgan fingerprint density at radius 2 is 2.42 bits per heavy atom. The van der Waals surface area contributed by atoms with Crippen molar-refractivity contribution >= 4 is 28.9 Å². The second-order valence-corrected chi connectivity index (χ2v) is 7.80. The van der Waals surface area contributed by atoms with Crippen LogP contribution < -0.4 is 5.73 Å². The SMILES string of the molecule is C/C(N)=C(/C#N)C(=O)CSc1nnc(-c2cccs2)n1CC1CCCO1. The largest absolute Gasteiger partial charge is 0.401 e. The van der Waals surface area contributed by atoms with E-state index in [1.165, 1.54) is 11.8 Å². The van der Waals surface area contributed by atoms with Gasteiger partial charge in [-0.25, -0.2) is 0 Å². The van der Waals surface area contributed by atoms with Crippen LogP contribution in [0.3, 0.4) is 0 Å². The van der Waals surface area contributed by atoms with Crippen LogP contribution in [0.4, 0.5) is 0 Å². The number of carbonyl (C=O) groups excluding carboxylic acids is 1. The topological polar surface area (TPSA) is 107 Å². The molecule has 2 N–H and O–H groups in total. The van der Waals surface area contributed by atoms with Crippen LogP contribution in [0.25, 0.3) is 10.7 Å². The summed E-state index contributed by atoms with van der Waals surface area (Å²) in [4.78, 5) is 13.2. The van der Waals surface area contributed by atoms with E-state index in [0.717, 1.165) is 30.2 Å². The smallest absolute Gasteiger partial charge is 0.192 e. The van der Waals surface area contributed by atoms with E-state index in [9.17, 15) is 4.79 Å².